The van der Waals surface area contributed by atoms with Gasteiger partial charge in [0.1, 0.15) is 0 Å². The van der Waals surface area contributed by atoms with Crippen molar-refractivity contribution in [1.82, 2.24) is 0 Å². The van der Waals surface area contributed by atoms with E-state index in [1.54, 1.807) is 12.1 Å². The zero-order chi connectivity index (χ0) is 19.9. The molecule has 3 aromatic rings. The van der Waals surface area contributed by atoms with E-state index >= 15 is 0 Å². The van der Waals surface area contributed by atoms with Gasteiger partial charge in [0.25, 0.3) is 5.69 Å². The quantitative estimate of drug-likeness (QED) is 0.283. The largest absolute Gasteiger partial charge is 0.332 e. The molecule has 3 rings (SSSR count). The molecule has 3 aromatic carbocycles. The van der Waals surface area contributed by atoms with Gasteiger partial charge in [-0.25, -0.2) is 0 Å². The van der Waals surface area contributed by atoms with Gasteiger partial charge in [-0.3, -0.25) is 10.1 Å². The van der Waals surface area contributed by atoms with Crippen LogP contribution in [0.25, 0.3) is 0 Å². The van der Waals surface area contributed by atoms with Gasteiger partial charge in [0.15, 0.2) is 5.11 Å². The summed E-state index contributed by atoms with van der Waals surface area (Å²) in [5, 5.41) is 17.3. The number of hydrogen-bond acceptors (Lipinski definition) is 3. The Morgan fingerprint density at radius 2 is 1.68 bits per heavy atom. The number of non-ortho nitro benzene ring substituents is 1. The second-order valence-corrected chi connectivity index (χ2v) is 6.46. The van der Waals surface area contributed by atoms with Crippen molar-refractivity contribution >= 4 is 34.4 Å². The molecule has 0 saturated carbocycles. The maximum absolute atomic E-state index is 10.7. The first-order valence-electron chi connectivity index (χ1n) is 8.51. The van der Waals surface area contributed by atoms with Crippen molar-refractivity contribution in [2.45, 2.75) is 6.92 Å². The van der Waals surface area contributed by atoms with Crippen LogP contribution >= 0.6 is 12.2 Å². The summed E-state index contributed by atoms with van der Waals surface area (Å²) >= 11 is 5.37. The molecule has 0 aromatic heterocycles. The molecular formula is C22H17N3O2S. The minimum atomic E-state index is -0.440. The summed E-state index contributed by atoms with van der Waals surface area (Å²) in [6, 6.07) is 21.7. The van der Waals surface area contributed by atoms with Crippen molar-refractivity contribution in [1.29, 1.82) is 0 Å². The first kappa shape index (κ1) is 19.1. The predicted molar refractivity (Wildman–Crippen MR) is 117 cm³/mol. The van der Waals surface area contributed by atoms with E-state index in [0.29, 0.717) is 10.8 Å². The third-order valence-electron chi connectivity index (χ3n) is 3.87. The summed E-state index contributed by atoms with van der Waals surface area (Å²) in [6.45, 7) is 2.00. The van der Waals surface area contributed by atoms with Crippen molar-refractivity contribution in [3.05, 3.63) is 99.6 Å². The van der Waals surface area contributed by atoms with Crippen LogP contribution in [0.2, 0.25) is 0 Å². The number of hydrogen-bond donors (Lipinski definition) is 2. The van der Waals surface area contributed by atoms with Crippen molar-refractivity contribution < 1.29 is 4.92 Å². The number of thiocarbonyl (C=S) groups is 1. The van der Waals surface area contributed by atoms with Crippen LogP contribution in [-0.4, -0.2) is 10.0 Å². The fourth-order valence-corrected chi connectivity index (χ4v) is 2.71. The predicted octanol–water partition coefficient (Wildman–Crippen LogP) is 5.11. The van der Waals surface area contributed by atoms with Crippen LogP contribution in [-0.2, 0) is 0 Å². The summed E-state index contributed by atoms with van der Waals surface area (Å²) in [5.74, 6) is 6.34. The maximum atomic E-state index is 10.7. The van der Waals surface area contributed by atoms with Crippen molar-refractivity contribution in [3.63, 3.8) is 0 Å². The van der Waals surface area contributed by atoms with Crippen molar-refractivity contribution in [2.75, 3.05) is 10.6 Å². The third-order valence-corrected chi connectivity index (χ3v) is 4.08. The summed E-state index contributed by atoms with van der Waals surface area (Å²) in [6.07, 6.45) is 0. The van der Waals surface area contributed by atoms with E-state index < -0.39 is 4.92 Å². The number of nitro groups is 1. The lowest BCUT2D eigenvalue weighted by atomic mass is 10.1. The van der Waals surface area contributed by atoms with E-state index in [9.17, 15) is 10.1 Å². The van der Waals surface area contributed by atoms with Gasteiger partial charge >= 0.3 is 0 Å². The number of benzene rings is 3. The Morgan fingerprint density at radius 1 is 0.964 bits per heavy atom. The van der Waals surface area contributed by atoms with Crippen LogP contribution in [0, 0.1) is 28.9 Å². The maximum Gasteiger partial charge on any atom is 0.269 e. The van der Waals surface area contributed by atoms with Crippen LogP contribution in [0.15, 0.2) is 72.8 Å². The molecule has 28 heavy (non-hydrogen) atoms. The molecule has 0 bridgehead atoms. The normalized spacial score (nSPS) is 9.75. The van der Waals surface area contributed by atoms with Crippen molar-refractivity contribution in [3.8, 4) is 11.8 Å². The number of nitro benzene ring substituents is 1. The summed E-state index contributed by atoms with van der Waals surface area (Å²) in [5.41, 5.74) is 4.33. The standard InChI is InChI=1S/C22H17N3O2S/c1-16-7-14-21(18(15-16)9-8-17-5-3-2-4-6-17)24-22(28)23-19-10-12-20(13-11-19)25(26)27/h2-7,10-15H,1H3,(H2,23,24,28). The molecule has 0 aliphatic rings. The lowest BCUT2D eigenvalue weighted by Crippen LogP contribution is -2.19. The Morgan fingerprint density at radius 3 is 2.36 bits per heavy atom. The van der Waals surface area contributed by atoms with Gasteiger partial charge in [0, 0.05) is 28.9 Å². The van der Waals surface area contributed by atoms with Gasteiger partial charge < -0.3 is 10.6 Å². The Bertz CT molecular complexity index is 1070. The fourth-order valence-electron chi connectivity index (χ4n) is 2.48. The molecule has 0 radical (unpaired) electrons. The molecule has 0 aliphatic carbocycles. The molecule has 0 saturated heterocycles. The topological polar surface area (TPSA) is 67.2 Å². The highest BCUT2D eigenvalue weighted by Crippen LogP contribution is 2.19. The van der Waals surface area contributed by atoms with Crippen molar-refractivity contribution in [2.24, 2.45) is 0 Å². The minimum Gasteiger partial charge on any atom is -0.332 e. The molecule has 0 aliphatic heterocycles. The van der Waals surface area contributed by atoms with E-state index in [0.717, 1.165) is 22.4 Å². The number of rotatable bonds is 3. The number of nitrogens with one attached hydrogen (secondary N) is 2. The highest BCUT2D eigenvalue weighted by Gasteiger charge is 2.06. The highest BCUT2D eigenvalue weighted by atomic mass is 32.1. The highest BCUT2D eigenvalue weighted by molar-refractivity contribution is 7.80. The fraction of sp³-hybridized carbons (Fsp3) is 0.0455. The molecule has 0 fully saturated rings. The van der Waals surface area contributed by atoms with Gasteiger partial charge in [-0.15, -0.1) is 0 Å². The van der Waals surface area contributed by atoms with E-state index in [-0.39, 0.29) is 5.69 Å². The average molecular weight is 387 g/mol. The molecule has 0 spiro atoms. The first-order valence-corrected chi connectivity index (χ1v) is 8.92. The number of nitrogens with zero attached hydrogens (tertiary/aromatic N) is 1. The molecule has 2 N–H and O–H groups in total. The third kappa shape index (κ3) is 5.16. The van der Waals surface area contributed by atoms with E-state index in [4.69, 9.17) is 12.2 Å². The SMILES string of the molecule is Cc1ccc(NC(=S)Nc2ccc([N+](=O)[O-])cc2)c(C#Cc2ccccc2)c1. The molecule has 5 nitrogen and oxygen atoms in total. The Balaban J connectivity index is 1.75. The summed E-state index contributed by atoms with van der Waals surface area (Å²) in [7, 11) is 0. The lowest BCUT2D eigenvalue weighted by molar-refractivity contribution is -0.384. The monoisotopic (exact) mass is 387 g/mol. The van der Waals surface area contributed by atoms with Gasteiger partial charge in [-0.05, 0) is 61.1 Å². The van der Waals surface area contributed by atoms with Crippen LogP contribution < -0.4 is 10.6 Å². The Hall–Kier alpha value is -3.69. The van der Waals surface area contributed by atoms with E-state index in [1.807, 2.05) is 55.5 Å². The number of aryl methyl sites for hydroxylation is 1. The Kier molecular flexibility index (Phi) is 6.00. The zero-order valence-electron chi connectivity index (χ0n) is 15.1. The molecule has 138 valence electrons. The van der Waals surface area contributed by atoms with Crippen LogP contribution in [0.1, 0.15) is 16.7 Å². The molecular weight excluding hydrogens is 370 g/mol. The first-order chi connectivity index (χ1) is 13.5. The van der Waals surface area contributed by atoms with Crippen LogP contribution in [0.3, 0.4) is 0 Å². The smallest absolute Gasteiger partial charge is 0.269 e. The number of anilines is 2. The van der Waals surface area contributed by atoms with Gasteiger partial charge in [-0.2, -0.15) is 0 Å². The molecule has 0 atom stereocenters. The second-order valence-electron chi connectivity index (χ2n) is 6.05. The summed E-state index contributed by atoms with van der Waals surface area (Å²) < 4.78 is 0. The van der Waals surface area contributed by atoms with Crippen LogP contribution in [0.5, 0.6) is 0 Å². The Labute approximate surface area is 168 Å². The second kappa shape index (κ2) is 8.80. The van der Waals surface area contributed by atoms with Crippen LogP contribution in [0.4, 0.5) is 17.1 Å². The molecule has 0 amide bonds. The minimum absolute atomic E-state index is 0.0291. The average Bonchev–Trinajstić information content (AvgIpc) is 2.69. The molecule has 0 unspecified atom stereocenters. The van der Waals surface area contributed by atoms with E-state index in [2.05, 4.69) is 22.5 Å². The zero-order valence-corrected chi connectivity index (χ0v) is 15.9. The summed E-state index contributed by atoms with van der Waals surface area (Å²) in [4.78, 5) is 10.3. The molecule has 0 heterocycles. The molecule has 6 heteroatoms. The van der Waals surface area contributed by atoms with Gasteiger partial charge in [0.05, 0.1) is 10.6 Å². The van der Waals surface area contributed by atoms with Gasteiger partial charge in [-0.1, -0.05) is 36.1 Å². The lowest BCUT2D eigenvalue weighted by Gasteiger charge is -2.12. The van der Waals surface area contributed by atoms with Gasteiger partial charge in [0.2, 0.25) is 0 Å². The van der Waals surface area contributed by atoms with E-state index in [1.165, 1.54) is 12.1 Å².